The number of unbranched alkanes of at least 4 members (excludes halogenated alkanes) is 2. The van der Waals surface area contributed by atoms with E-state index < -0.39 is 0 Å². The van der Waals surface area contributed by atoms with Crippen molar-refractivity contribution in [2.75, 3.05) is 6.54 Å². The second-order valence-corrected chi connectivity index (χ2v) is 6.51. The number of hydrogen-bond acceptors (Lipinski definition) is 3. The summed E-state index contributed by atoms with van der Waals surface area (Å²) in [6.07, 6.45) is 4.58. The molecule has 3 unspecified atom stereocenters. The van der Waals surface area contributed by atoms with E-state index in [1.54, 1.807) is 11.3 Å². The summed E-state index contributed by atoms with van der Waals surface area (Å²) < 4.78 is 0. The quantitative estimate of drug-likeness (QED) is 0.776. The van der Waals surface area contributed by atoms with Gasteiger partial charge in [-0.05, 0) is 34.7 Å². The number of hydrogen-bond donors (Lipinski definition) is 1. The van der Waals surface area contributed by atoms with Crippen LogP contribution in [0.1, 0.15) is 58.2 Å². The molecule has 0 aromatic carbocycles. The molecule has 2 rings (SSSR count). The summed E-state index contributed by atoms with van der Waals surface area (Å²) in [7, 11) is 0. The second kappa shape index (κ2) is 7.23. The smallest absolute Gasteiger partial charge is 0.241 e. The minimum atomic E-state index is -0.0217. The van der Waals surface area contributed by atoms with Crippen molar-refractivity contribution < 1.29 is 4.79 Å². The van der Waals surface area contributed by atoms with Crippen LogP contribution in [0, 0.1) is 5.92 Å². The summed E-state index contributed by atoms with van der Waals surface area (Å²) in [5, 5.41) is 7.79. The van der Waals surface area contributed by atoms with Crippen LogP contribution in [0.25, 0.3) is 0 Å². The first-order chi connectivity index (χ1) is 9.69. The van der Waals surface area contributed by atoms with E-state index in [2.05, 4.69) is 47.8 Å². The molecule has 0 saturated carbocycles. The van der Waals surface area contributed by atoms with Gasteiger partial charge in [0.25, 0.3) is 0 Å². The molecule has 4 heteroatoms. The lowest BCUT2D eigenvalue weighted by atomic mass is 9.99. The van der Waals surface area contributed by atoms with E-state index in [0.29, 0.717) is 5.92 Å². The molecule has 112 valence electrons. The van der Waals surface area contributed by atoms with Crippen LogP contribution in [0.5, 0.6) is 0 Å². The molecule has 1 N–H and O–H groups in total. The van der Waals surface area contributed by atoms with Gasteiger partial charge in [-0.3, -0.25) is 10.1 Å². The highest BCUT2D eigenvalue weighted by Crippen LogP contribution is 2.30. The molecule has 0 aliphatic carbocycles. The Morgan fingerprint density at radius 2 is 2.20 bits per heavy atom. The van der Waals surface area contributed by atoms with Gasteiger partial charge in [-0.1, -0.05) is 40.0 Å². The molecule has 20 heavy (non-hydrogen) atoms. The van der Waals surface area contributed by atoms with Gasteiger partial charge in [-0.15, -0.1) is 0 Å². The maximum atomic E-state index is 12.7. The van der Waals surface area contributed by atoms with Crippen molar-refractivity contribution in [1.29, 1.82) is 0 Å². The molecule has 0 spiro atoms. The lowest BCUT2D eigenvalue weighted by Gasteiger charge is -2.23. The predicted molar refractivity (Wildman–Crippen MR) is 84.7 cm³/mol. The Labute approximate surface area is 126 Å². The van der Waals surface area contributed by atoms with Gasteiger partial charge in [0.05, 0.1) is 6.04 Å². The van der Waals surface area contributed by atoms with Gasteiger partial charge in [-0.2, -0.15) is 11.3 Å². The Morgan fingerprint density at radius 1 is 1.40 bits per heavy atom. The fourth-order valence-electron chi connectivity index (χ4n) is 2.76. The van der Waals surface area contributed by atoms with E-state index in [1.807, 2.05) is 0 Å². The van der Waals surface area contributed by atoms with Gasteiger partial charge >= 0.3 is 0 Å². The molecule has 1 aromatic heterocycles. The molecule has 0 radical (unpaired) electrons. The van der Waals surface area contributed by atoms with Gasteiger partial charge < -0.3 is 4.90 Å². The monoisotopic (exact) mass is 294 g/mol. The van der Waals surface area contributed by atoms with Gasteiger partial charge in [0.2, 0.25) is 5.91 Å². The summed E-state index contributed by atoms with van der Waals surface area (Å²) in [6.45, 7) is 7.38. The van der Waals surface area contributed by atoms with Crippen LogP contribution in [0.3, 0.4) is 0 Å². The second-order valence-electron chi connectivity index (χ2n) is 5.73. The fourth-order valence-corrected chi connectivity index (χ4v) is 3.44. The Hall–Kier alpha value is -0.870. The van der Waals surface area contributed by atoms with E-state index in [1.165, 1.54) is 18.4 Å². The Bertz CT molecular complexity index is 418. The van der Waals surface area contributed by atoms with Crippen LogP contribution in [0.4, 0.5) is 0 Å². The molecule has 3 nitrogen and oxygen atoms in total. The molecule has 1 aromatic rings. The van der Waals surface area contributed by atoms with Gasteiger partial charge in [0.15, 0.2) is 0 Å². The number of nitrogens with one attached hydrogen (secondary N) is 1. The lowest BCUT2D eigenvalue weighted by molar-refractivity contribution is -0.131. The van der Waals surface area contributed by atoms with Crippen LogP contribution < -0.4 is 5.32 Å². The molecule has 1 aliphatic heterocycles. The topological polar surface area (TPSA) is 32.3 Å². The summed E-state index contributed by atoms with van der Waals surface area (Å²) in [5.74, 6) is 0.673. The van der Waals surface area contributed by atoms with Crippen molar-refractivity contribution in [2.24, 2.45) is 5.92 Å². The highest BCUT2D eigenvalue weighted by atomic mass is 32.1. The van der Waals surface area contributed by atoms with E-state index in [-0.39, 0.29) is 18.1 Å². The molecule has 1 saturated heterocycles. The van der Waals surface area contributed by atoms with Crippen molar-refractivity contribution in [3.8, 4) is 0 Å². The van der Waals surface area contributed by atoms with Crippen molar-refractivity contribution in [3.05, 3.63) is 22.4 Å². The van der Waals surface area contributed by atoms with Crippen molar-refractivity contribution >= 4 is 17.2 Å². The van der Waals surface area contributed by atoms with Crippen molar-refractivity contribution in [2.45, 2.75) is 58.7 Å². The number of carbonyl (C=O) groups is 1. The van der Waals surface area contributed by atoms with Gasteiger partial charge in [0, 0.05) is 6.54 Å². The van der Waals surface area contributed by atoms with E-state index in [0.717, 1.165) is 19.4 Å². The van der Waals surface area contributed by atoms with Crippen LogP contribution >= 0.6 is 11.3 Å². The fraction of sp³-hybridized carbons (Fsp3) is 0.688. The first kappa shape index (κ1) is 15.5. The highest BCUT2D eigenvalue weighted by molar-refractivity contribution is 7.07. The van der Waals surface area contributed by atoms with Crippen LogP contribution in [-0.4, -0.2) is 23.4 Å². The maximum absolute atomic E-state index is 12.7. The average molecular weight is 294 g/mol. The summed E-state index contributed by atoms with van der Waals surface area (Å²) >= 11 is 1.70. The Balaban J connectivity index is 2.12. The first-order valence-corrected chi connectivity index (χ1v) is 8.71. The van der Waals surface area contributed by atoms with Crippen molar-refractivity contribution in [3.63, 3.8) is 0 Å². The normalized spacial score (nSPS) is 24.4. The zero-order valence-corrected chi connectivity index (χ0v) is 13.6. The van der Waals surface area contributed by atoms with Crippen LogP contribution in [0.15, 0.2) is 16.8 Å². The number of amides is 1. The Morgan fingerprint density at radius 3 is 2.80 bits per heavy atom. The molecule has 3 atom stereocenters. The maximum Gasteiger partial charge on any atom is 0.241 e. The Kier molecular flexibility index (Phi) is 5.61. The molecular formula is C16H26N2OS. The third-order valence-electron chi connectivity index (χ3n) is 4.27. The van der Waals surface area contributed by atoms with Gasteiger partial charge in [0.1, 0.15) is 6.17 Å². The minimum Gasteiger partial charge on any atom is -0.322 e. The third kappa shape index (κ3) is 3.23. The van der Waals surface area contributed by atoms with E-state index in [9.17, 15) is 4.79 Å². The number of carbonyl (C=O) groups excluding carboxylic acids is 1. The average Bonchev–Trinajstić information content (AvgIpc) is 3.07. The van der Waals surface area contributed by atoms with Crippen LogP contribution in [-0.2, 0) is 4.79 Å². The largest absolute Gasteiger partial charge is 0.322 e. The molecule has 1 amide bonds. The molecule has 2 heterocycles. The molecule has 0 bridgehead atoms. The molecule has 1 aliphatic rings. The zero-order valence-electron chi connectivity index (χ0n) is 12.8. The minimum absolute atomic E-state index is 0.0217. The van der Waals surface area contributed by atoms with Crippen molar-refractivity contribution in [1.82, 2.24) is 10.2 Å². The zero-order chi connectivity index (χ0) is 14.5. The first-order valence-electron chi connectivity index (χ1n) is 7.77. The standard InChI is InChI=1S/C16H26N2OS/c1-4-6-7-9-18-15(13-8-10-20-11-13)17-14(16(18)19)12(3)5-2/h8,10-12,14-15,17H,4-7,9H2,1-3H3. The SMILES string of the molecule is CCCCCN1C(=O)C(C(C)CC)NC1c1ccsc1. The van der Waals surface area contributed by atoms with E-state index in [4.69, 9.17) is 0 Å². The summed E-state index contributed by atoms with van der Waals surface area (Å²) in [4.78, 5) is 14.7. The lowest BCUT2D eigenvalue weighted by Crippen LogP contribution is -2.35. The number of nitrogens with zero attached hydrogens (tertiary/aromatic N) is 1. The number of thiophene rings is 1. The predicted octanol–water partition coefficient (Wildman–Crippen LogP) is 3.78. The number of rotatable bonds is 7. The highest BCUT2D eigenvalue weighted by Gasteiger charge is 2.41. The third-order valence-corrected chi connectivity index (χ3v) is 4.97. The summed E-state index contributed by atoms with van der Waals surface area (Å²) in [6, 6.07) is 2.10. The van der Waals surface area contributed by atoms with Gasteiger partial charge in [-0.25, -0.2) is 0 Å². The molecular weight excluding hydrogens is 268 g/mol. The van der Waals surface area contributed by atoms with E-state index >= 15 is 0 Å². The van der Waals surface area contributed by atoms with Crippen LogP contribution in [0.2, 0.25) is 0 Å². The summed E-state index contributed by atoms with van der Waals surface area (Å²) in [5.41, 5.74) is 1.23. The molecule has 1 fully saturated rings.